The van der Waals surface area contributed by atoms with Crippen LogP contribution in [0, 0.1) is 0 Å². The molecule has 0 spiro atoms. The number of methoxy groups -OCH3 is 1. The SMILES string of the molecule is COc1ccc2[nH]cc(C3CCN(C(=O)Cn4c(=O)[nH]c5ccccc5c4=O)CC3)c2c1. The molecular weight excluding hydrogens is 408 g/mol. The second-order valence-corrected chi connectivity index (χ2v) is 8.18. The van der Waals surface area contributed by atoms with E-state index < -0.39 is 11.2 Å². The van der Waals surface area contributed by atoms with E-state index in [4.69, 9.17) is 4.74 Å². The van der Waals surface area contributed by atoms with Crippen molar-refractivity contribution in [3.05, 3.63) is 75.1 Å². The molecule has 1 fully saturated rings. The third kappa shape index (κ3) is 3.47. The van der Waals surface area contributed by atoms with E-state index in [1.807, 2.05) is 24.4 Å². The number of carbonyl (C=O) groups excluding carboxylic acids is 1. The summed E-state index contributed by atoms with van der Waals surface area (Å²) in [6, 6.07) is 12.8. The maximum Gasteiger partial charge on any atom is 0.329 e. The van der Waals surface area contributed by atoms with E-state index in [9.17, 15) is 14.4 Å². The van der Waals surface area contributed by atoms with E-state index in [-0.39, 0.29) is 12.5 Å². The standard InChI is InChI=1S/C24H24N4O4/c1-32-16-6-7-20-18(12-16)19(13-25-20)15-8-10-27(11-9-15)22(29)14-28-23(30)17-4-2-3-5-21(17)26-24(28)31/h2-7,12-13,15,25H,8-11,14H2,1H3,(H,26,31). The maximum atomic E-state index is 12.9. The number of H-pyrrole nitrogens is 2. The van der Waals surface area contributed by atoms with Crippen LogP contribution in [0.5, 0.6) is 5.75 Å². The third-order valence-electron chi connectivity index (χ3n) is 6.39. The summed E-state index contributed by atoms with van der Waals surface area (Å²) in [6.45, 7) is 0.911. The minimum atomic E-state index is -0.565. The molecule has 1 amide bonds. The first-order chi connectivity index (χ1) is 15.5. The zero-order chi connectivity index (χ0) is 22.2. The number of aromatic amines is 2. The van der Waals surface area contributed by atoms with Crippen molar-refractivity contribution >= 4 is 27.7 Å². The molecule has 2 aromatic carbocycles. The fourth-order valence-corrected chi connectivity index (χ4v) is 4.60. The molecule has 5 rings (SSSR count). The highest BCUT2D eigenvalue weighted by molar-refractivity contribution is 5.85. The predicted octanol–water partition coefficient (Wildman–Crippen LogP) is 2.59. The first-order valence-electron chi connectivity index (χ1n) is 10.7. The van der Waals surface area contributed by atoms with E-state index >= 15 is 0 Å². The van der Waals surface area contributed by atoms with Crippen molar-refractivity contribution in [3.63, 3.8) is 0 Å². The Hall–Kier alpha value is -3.81. The van der Waals surface area contributed by atoms with Gasteiger partial charge >= 0.3 is 5.69 Å². The summed E-state index contributed by atoms with van der Waals surface area (Å²) in [5.41, 5.74) is 1.76. The van der Waals surface area contributed by atoms with E-state index in [0.717, 1.165) is 34.1 Å². The van der Waals surface area contributed by atoms with E-state index in [0.29, 0.717) is 29.9 Å². The Morgan fingerprint density at radius 3 is 2.62 bits per heavy atom. The van der Waals surface area contributed by atoms with Crippen LogP contribution in [0.25, 0.3) is 21.8 Å². The lowest BCUT2D eigenvalue weighted by Crippen LogP contribution is -2.44. The fraction of sp³-hybridized carbons (Fsp3) is 0.292. The van der Waals surface area contributed by atoms with E-state index in [1.54, 1.807) is 36.3 Å². The van der Waals surface area contributed by atoms with Gasteiger partial charge < -0.3 is 19.6 Å². The number of piperidine rings is 1. The number of aromatic nitrogens is 3. The quantitative estimate of drug-likeness (QED) is 0.518. The molecule has 0 atom stereocenters. The van der Waals surface area contributed by atoms with Crippen LogP contribution in [0.3, 0.4) is 0 Å². The first-order valence-corrected chi connectivity index (χ1v) is 10.7. The number of rotatable bonds is 4. The van der Waals surface area contributed by atoms with Crippen LogP contribution in [0.4, 0.5) is 0 Å². The van der Waals surface area contributed by atoms with Gasteiger partial charge in [-0.25, -0.2) is 4.79 Å². The van der Waals surface area contributed by atoms with Crippen molar-refractivity contribution in [2.45, 2.75) is 25.3 Å². The molecule has 3 heterocycles. The van der Waals surface area contributed by atoms with Crippen molar-refractivity contribution < 1.29 is 9.53 Å². The van der Waals surface area contributed by atoms with Gasteiger partial charge in [0.2, 0.25) is 5.91 Å². The molecule has 0 saturated carbocycles. The first kappa shape index (κ1) is 20.1. The number of fused-ring (bicyclic) bond motifs is 2. The summed E-state index contributed by atoms with van der Waals surface area (Å²) >= 11 is 0. The van der Waals surface area contributed by atoms with Gasteiger partial charge in [0.05, 0.1) is 18.0 Å². The van der Waals surface area contributed by atoms with Crippen LogP contribution in [0.1, 0.15) is 24.3 Å². The Morgan fingerprint density at radius 2 is 1.84 bits per heavy atom. The lowest BCUT2D eigenvalue weighted by molar-refractivity contribution is -0.133. The summed E-state index contributed by atoms with van der Waals surface area (Å²) < 4.78 is 6.35. The summed E-state index contributed by atoms with van der Waals surface area (Å²) in [5.74, 6) is 0.927. The Morgan fingerprint density at radius 1 is 1.06 bits per heavy atom. The Balaban J connectivity index is 1.31. The average Bonchev–Trinajstić information content (AvgIpc) is 3.25. The van der Waals surface area contributed by atoms with Gasteiger partial charge in [-0.3, -0.25) is 14.2 Å². The van der Waals surface area contributed by atoms with Gasteiger partial charge in [-0.1, -0.05) is 12.1 Å². The predicted molar refractivity (Wildman–Crippen MR) is 122 cm³/mol. The molecule has 2 N–H and O–H groups in total. The van der Waals surface area contributed by atoms with Gasteiger partial charge in [-0.2, -0.15) is 0 Å². The van der Waals surface area contributed by atoms with Crippen LogP contribution in [0.15, 0.2) is 58.3 Å². The number of benzene rings is 2. The zero-order valence-corrected chi connectivity index (χ0v) is 17.8. The molecule has 0 radical (unpaired) electrons. The van der Waals surface area contributed by atoms with Crippen LogP contribution in [-0.2, 0) is 11.3 Å². The Labute approximate surface area is 183 Å². The number of carbonyl (C=O) groups is 1. The van der Waals surface area contributed by atoms with Crippen LogP contribution < -0.4 is 16.0 Å². The van der Waals surface area contributed by atoms with Crippen LogP contribution in [0.2, 0.25) is 0 Å². The summed E-state index contributed by atoms with van der Waals surface area (Å²) in [6.07, 6.45) is 3.68. The lowest BCUT2D eigenvalue weighted by atomic mass is 9.89. The molecule has 164 valence electrons. The fourth-order valence-electron chi connectivity index (χ4n) is 4.60. The highest BCUT2D eigenvalue weighted by Crippen LogP contribution is 2.34. The number of ether oxygens (including phenoxy) is 1. The van der Waals surface area contributed by atoms with Crippen molar-refractivity contribution in [3.8, 4) is 5.75 Å². The van der Waals surface area contributed by atoms with Gasteiger partial charge in [0, 0.05) is 30.2 Å². The zero-order valence-electron chi connectivity index (χ0n) is 17.8. The van der Waals surface area contributed by atoms with Crippen LogP contribution >= 0.6 is 0 Å². The van der Waals surface area contributed by atoms with E-state index in [2.05, 4.69) is 9.97 Å². The normalized spacial score (nSPS) is 14.8. The second-order valence-electron chi connectivity index (χ2n) is 8.18. The molecule has 2 aromatic heterocycles. The molecule has 0 aliphatic carbocycles. The lowest BCUT2D eigenvalue weighted by Gasteiger charge is -2.32. The largest absolute Gasteiger partial charge is 0.497 e. The van der Waals surface area contributed by atoms with Gasteiger partial charge in [-0.15, -0.1) is 0 Å². The molecule has 0 bridgehead atoms. The molecular formula is C24H24N4O4. The van der Waals surface area contributed by atoms with E-state index in [1.165, 1.54) is 5.56 Å². The second kappa shape index (κ2) is 8.03. The number of likely N-dealkylation sites (tertiary alicyclic amines) is 1. The number of para-hydroxylation sites is 1. The Bertz CT molecular complexity index is 1420. The number of nitrogens with one attached hydrogen (secondary N) is 2. The van der Waals surface area contributed by atoms with Gasteiger partial charge in [0.25, 0.3) is 5.56 Å². The molecule has 1 saturated heterocycles. The van der Waals surface area contributed by atoms with Crippen molar-refractivity contribution in [1.82, 2.24) is 19.4 Å². The minimum absolute atomic E-state index is 0.216. The van der Waals surface area contributed by atoms with Gasteiger partial charge in [-0.05, 0) is 54.7 Å². The molecule has 0 unspecified atom stereocenters. The average molecular weight is 432 g/mol. The number of hydrogen-bond acceptors (Lipinski definition) is 4. The highest BCUT2D eigenvalue weighted by Gasteiger charge is 2.26. The smallest absolute Gasteiger partial charge is 0.329 e. The van der Waals surface area contributed by atoms with Gasteiger partial charge in [0.15, 0.2) is 0 Å². The number of nitrogens with zero attached hydrogens (tertiary/aromatic N) is 2. The number of amides is 1. The molecule has 1 aliphatic rings. The van der Waals surface area contributed by atoms with Crippen LogP contribution in [-0.4, -0.2) is 45.5 Å². The Kier molecular flexibility index (Phi) is 5.05. The third-order valence-corrected chi connectivity index (χ3v) is 6.39. The summed E-state index contributed by atoms with van der Waals surface area (Å²) in [5, 5.41) is 1.54. The van der Waals surface area contributed by atoms with Gasteiger partial charge in [0.1, 0.15) is 12.3 Å². The molecule has 1 aliphatic heterocycles. The molecule has 4 aromatic rings. The topological polar surface area (TPSA) is 100 Å². The maximum absolute atomic E-state index is 12.9. The van der Waals surface area contributed by atoms with Crippen molar-refractivity contribution in [2.75, 3.05) is 20.2 Å². The molecule has 8 heteroatoms. The molecule has 8 nitrogen and oxygen atoms in total. The van der Waals surface area contributed by atoms with Crippen molar-refractivity contribution in [1.29, 1.82) is 0 Å². The highest BCUT2D eigenvalue weighted by atomic mass is 16.5. The summed E-state index contributed by atoms with van der Waals surface area (Å²) in [4.78, 5) is 45.7. The number of hydrogen-bond donors (Lipinski definition) is 2. The summed E-state index contributed by atoms with van der Waals surface area (Å²) in [7, 11) is 1.66. The minimum Gasteiger partial charge on any atom is -0.497 e. The van der Waals surface area contributed by atoms with Crippen molar-refractivity contribution in [2.24, 2.45) is 0 Å². The molecule has 32 heavy (non-hydrogen) atoms. The monoisotopic (exact) mass is 432 g/mol.